The van der Waals surface area contributed by atoms with Crippen LogP contribution in [0.15, 0.2) is 66.9 Å². The van der Waals surface area contributed by atoms with Crippen LogP contribution in [0.5, 0.6) is 17.6 Å². The number of hydrogen-bond acceptors (Lipinski definition) is 6. The van der Waals surface area contributed by atoms with Crippen molar-refractivity contribution in [1.82, 2.24) is 15.0 Å². The Morgan fingerprint density at radius 3 is 2.32 bits per heavy atom. The van der Waals surface area contributed by atoms with Crippen molar-refractivity contribution in [2.75, 3.05) is 14.2 Å². The van der Waals surface area contributed by atoms with E-state index in [2.05, 4.69) is 15.0 Å². The Morgan fingerprint density at radius 2 is 1.65 bits per heavy atom. The Balaban J connectivity index is 1.43. The van der Waals surface area contributed by atoms with E-state index in [-0.39, 0.29) is 0 Å². The number of H-pyrrole nitrogens is 1. The fourth-order valence-electron chi connectivity index (χ4n) is 4.11. The predicted octanol–water partition coefficient (Wildman–Crippen LogP) is 7.15. The van der Waals surface area contributed by atoms with Gasteiger partial charge in [0.25, 0.3) is 6.01 Å². The van der Waals surface area contributed by atoms with Crippen LogP contribution in [0.25, 0.3) is 33.3 Å². The maximum Gasteiger partial charge on any atom is 0.338 e. The fourth-order valence-corrected chi connectivity index (χ4v) is 4.38. The van der Waals surface area contributed by atoms with Gasteiger partial charge in [-0.3, -0.25) is 0 Å². The zero-order valence-corrected chi connectivity index (χ0v) is 21.5. The van der Waals surface area contributed by atoms with Gasteiger partial charge < -0.3 is 19.2 Å². The third kappa shape index (κ3) is 4.86. The molecule has 0 aliphatic heterocycles. The second-order valence-corrected chi connectivity index (χ2v) is 8.97. The first-order valence-corrected chi connectivity index (χ1v) is 11.9. The Labute approximate surface area is 219 Å². The minimum atomic E-state index is -0.415. The van der Waals surface area contributed by atoms with Crippen LogP contribution in [0.1, 0.15) is 21.5 Å². The first-order valence-electron chi connectivity index (χ1n) is 11.5. The van der Waals surface area contributed by atoms with Gasteiger partial charge in [-0.25, -0.2) is 9.78 Å². The Hall–Kier alpha value is -4.36. The third-order valence-corrected chi connectivity index (χ3v) is 6.60. The maximum atomic E-state index is 12.1. The number of aromatic nitrogens is 3. The molecule has 0 saturated heterocycles. The first-order chi connectivity index (χ1) is 17.9. The van der Waals surface area contributed by atoms with Crippen molar-refractivity contribution in [2.45, 2.75) is 13.8 Å². The molecule has 0 aliphatic carbocycles. The smallest absolute Gasteiger partial charge is 0.338 e. The molecule has 0 unspecified atom stereocenters. The van der Waals surface area contributed by atoms with E-state index in [0.717, 1.165) is 38.9 Å². The number of hydrogen-bond donors (Lipinski definition) is 1. The lowest BCUT2D eigenvalue weighted by Crippen LogP contribution is -2.05. The molecule has 2 heterocycles. The molecule has 0 radical (unpaired) electrons. The second-order valence-electron chi connectivity index (χ2n) is 8.56. The molecule has 0 atom stereocenters. The molecule has 186 valence electrons. The molecule has 0 bridgehead atoms. The molecule has 5 rings (SSSR count). The summed E-state index contributed by atoms with van der Waals surface area (Å²) in [7, 11) is 2.95. The van der Waals surface area contributed by atoms with Gasteiger partial charge in [0.2, 0.25) is 5.88 Å². The highest BCUT2D eigenvalue weighted by Crippen LogP contribution is 2.34. The largest absolute Gasteiger partial charge is 0.481 e. The van der Waals surface area contributed by atoms with Crippen molar-refractivity contribution >= 4 is 28.6 Å². The lowest BCUT2D eigenvalue weighted by Gasteiger charge is -2.10. The molecule has 1 N–H and O–H groups in total. The van der Waals surface area contributed by atoms with E-state index in [1.165, 1.54) is 7.11 Å². The van der Waals surface area contributed by atoms with Gasteiger partial charge in [-0.1, -0.05) is 35.9 Å². The average molecular weight is 514 g/mol. The monoisotopic (exact) mass is 513 g/mol. The minimum absolute atomic E-state index is 0.296. The van der Waals surface area contributed by atoms with Crippen LogP contribution in [-0.2, 0) is 4.74 Å². The number of aryl methyl sites for hydroxylation is 1. The summed E-state index contributed by atoms with van der Waals surface area (Å²) in [4.78, 5) is 24.2. The molecular weight excluding hydrogens is 490 g/mol. The highest BCUT2D eigenvalue weighted by Gasteiger charge is 2.16. The van der Waals surface area contributed by atoms with Crippen LogP contribution in [0.2, 0.25) is 5.02 Å². The summed E-state index contributed by atoms with van der Waals surface area (Å²) in [6.45, 7) is 3.78. The number of ether oxygens (including phenoxy) is 3. The number of aromatic amines is 1. The zero-order valence-electron chi connectivity index (χ0n) is 20.8. The quantitative estimate of drug-likeness (QED) is 0.243. The molecular formula is C29H24ClN3O4. The van der Waals surface area contributed by atoms with Crippen LogP contribution in [0, 0.1) is 13.8 Å². The van der Waals surface area contributed by atoms with Crippen LogP contribution in [0.3, 0.4) is 0 Å². The molecule has 3 aromatic carbocycles. The van der Waals surface area contributed by atoms with Gasteiger partial charge in [0.15, 0.2) is 0 Å². The molecule has 5 aromatic rings. The summed E-state index contributed by atoms with van der Waals surface area (Å²) < 4.78 is 16.0. The first kappa shape index (κ1) is 24.3. The summed E-state index contributed by atoms with van der Waals surface area (Å²) >= 11 is 6.64. The van der Waals surface area contributed by atoms with Gasteiger partial charge >= 0.3 is 5.97 Å². The summed E-state index contributed by atoms with van der Waals surface area (Å²) in [5, 5.41) is 0.584. The zero-order chi connectivity index (χ0) is 26.1. The van der Waals surface area contributed by atoms with E-state index in [0.29, 0.717) is 33.7 Å². The number of benzene rings is 3. The molecule has 0 aliphatic rings. The van der Waals surface area contributed by atoms with Crippen molar-refractivity contribution in [3.05, 3.63) is 88.6 Å². The van der Waals surface area contributed by atoms with E-state index >= 15 is 0 Å². The molecule has 2 aromatic heterocycles. The molecule has 0 amide bonds. The Kier molecular flexibility index (Phi) is 6.54. The van der Waals surface area contributed by atoms with Gasteiger partial charge in [-0.2, -0.15) is 4.98 Å². The van der Waals surface area contributed by atoms with E-state index in [1.807, 2.05) is 68.4 Å². The average Bonchev–Trinajstić information content (AvgIpc) is 3.30. The summed E-state index contributed by atoms with van der Waals surface area (Å²) in [6, 6.07) is 19.4. The van der Waals surface area contributed by atoms with Crippen LogP contribution >= 0.6 is 11.6 Å². The number of pyridine rings is 1. The highest BCUT2D eigenvalue weighted by molar-refractivity contribution is 6.34. The second kappa shape index (κ2) is 9.95. The number of imidazole rings is 1. The standard InChI is InChI=1S/C29H24ClN3O4/c1-16-11-21(12-22(17(16)2)28(34)36-4)37-29-32-25-13-23(24(30)14-26(25)33-29)19-7-5-18(6-8-19)20-9-10-27(35-3)31-15-20/h5-15H,1-4H3,(H,32,33). The number of rotatable bonds is 6. The van der Waals surface area contributed by atoms with Crippen molar-refractivity contribution < 1.29 is 19.0 Å². The molecule has 37 heavy (non-hydrogen) atoms. The number of halogens is 1. The molecule has 0 fully saturated rings. The van der Waals surface area contributed by atoms with E-state index in [1.54, 1.807) is 19.4 Å². The van der Waals surface area contributed by atoms with E-state index < -0.39 is 5.97 Å². The lowest BCUT2D eigenvalue weighted by molar-refractivity contribution is 0.0599. The van der Waals surface area contributed by atoms with Crippen molar-refractivity contribution in [3.8, 4) is 39.9 Å². The SMILES string of the molecule is COC(=O)c1cc(Oc2nc3cc(-c4ccc(-c5ccc(OC)nc5)cc4)c(Cl)cc3[nH]2)cc(C)c1C. The maximum absolute atomic E-state index is 12.1. The number of esters is 1. The van der Waals surface area contributed by atoms with E-state index in [9.17, 15) is 4.79 Å². The number of nitrogens with one attached hydrogen (secondary N) is 1. The van der Waals surface area contributed by atoms with Crippen LogP contribution < -0.4 is 9.47 Å². The Bertz CT molecular complexity index is 1610. The topological polar surface area (TPSA) is 86.3 Å². The van der Waals surface area contributed by atoms with Gasteiger partial charge in [0, 0.05) is 23.4 Å². The Morgan fingerprint density at radius 1 is 0.919 bits per heavy atom. The van der Waals surface area contributed by atoms with Gasteiger partial charge in [0.1, 0.15) is 5.75 Å². The predicted molar refractivity (Wildman–Crippen MR) is 144 cm³/mol. The fraction of sp³-hybridized carbons (Fsp3) is 0.138. The summed E-state index contributed by atoms with van der Waals surface area (Å²) in [5.74, 6) is 0.642. The lowest BCUT2D eigenvalue weighted by atomic mass is 10.0. The van der Waals surface area contributed by atoms with Gasteiger partial charge in [0.05, 0.1) is 35.8 Å². The summed E-state index contributed by atoms with van der Waals surface area (Å²) in [5.41, 5.74) is 7.48. The number of carbonyl (C=O) groups excluding carboxylic acids is 1. The highest BCUT2D eigenvalue weighted by atomic mass is 35.5. The molecule has 0 spiro atoms. The van der Waals surface area contributed by atoms with Gasteiger partial charge in [-0.05, 0) is 66.4 Å². The number of methoxy groups -OCH3 is 2. The number of nitrogens with zero attached hydrogens (tertiary/aromatic N) is 2. The minimum Gasteiger partial charge on any atom is -0.481 e. The van der Waals surface area contributed by atoms with Crippen LogP contribution in [0.4, 0.5) is 0 Å². The van der Waals surface area contributed by atoms with Gasteiger partial charge in [-0.15, -0.1) is 0 Å². The van der Waals surface area contributed by atoms with E-state index in [4.69, 9.17) is 25.8 Å². The molecule has 8 heteroatoms. The normalized spacial score (nSPS) is 10.9. The van der Waals surface area contributed by atoms with Crippen molar-refractivity contribution in [1.29, 1.82) is 0 Å². The molecule has 0 saturated carbocycles. The number of fused-ring (bicyclic) bond motifs is 1. The van der Waals surface area contributed by atoms with Crippen molar-refractivity contribution in [2.24, 2.45) is 0 Å². The third-order valence-electron chi connectivity index (χ3n) is 6.28. The number of carbonyl (C=O) groups is 1. The van der Waals surface area contributed by atoms with Crippen LogP contribution in [-0.4, -0.2) is 35.1 Å². The summed E-state index contributed by atoms with van der Waals surface area (Å²) in [6.07, 6.45) is 1.78. The van der Waals surface area contributed by atoms with Crippen molar-refractivity contribution in [3.63, 3.8) is 0 Å². The molecule has 7 nitrogen and oxygen atoms in total.